The predicted molar refractivity (Wildman–Crippen MR) is 68.5 cm³/mol. The summed E-state index contributed by atoms with van der Waals surface area (Å²) in [4.78, 5) is 0. The Morgan fingerprint density at radius 3 is 2.76 bits per heavy atom. The molecule has 3 rings (SSSR count). The molecule has 1 saturated heterocycles. The van der Waals surface area contributed by atoms with Crippen molar-refractivity contribution >= 4 is 15.9 Å². The lowest BCUT2D eigenvalue weighted by Crippen LogP contribution is -2.27. The SMILES string of the molecule is Brc1ccc2c(c1)COC(C1CCNC1)OC2. The molecule has 2 aliphatic heterocycles. The molecule has 3 nitrogen and oxygen atoms in total. The molecule has 0 aliphatic carbocycles. The molecule has 0 radical (unpaired) electrons. The molecular formula is C13H16BrNO2. The smallest absolute Gasteiger partial charge is 0.162 e. The Labute approximate surface area is 110 Å². The van der Waals surface area contributed by atoms with Crippen LogP contribution < -0.4 is 5.32 Å². The maximum atomic E-state index is 5.89. The summed E-state index contributed by atoms with van der Waals surface area (Å²) in [6.45, 7) is 3.39. The normalized spacial score (nSPS) is 28.8. The summed E-state index contributed by atoms with van der Waals surface area (Å²) < 4.78 is 12.9. The second kappa shape index (κ2) is 5.06. The molecule has 92 valence electrons. The Morgan fingerprint density at radius 2 is 2.00 bits per heavy atom. The lowest BCUT2D eigenvalue weighted by molar-refractivity contribution is -0.174. The summed E-state index contributed by atoms with van der Waals surface area (Å²) in [6, 6.07) is 6.28. The minimum atomic E-state index is -0.0591. The number of halogens is 1. The van der Waals surface area contributed by atoms with Gasteiger partial charge in [0.25, 0.3) is 0 Å². The Kier molecular flexibility index (Phi) is 3.47. The first-order valence-corrected chi connectivity index (χ1v) is 6.83. The molecule has 1 aromatic carbocycles. The maximum Gasteiger partial charge on any atom is 0.162 e. The van der Waals surface area contributed by atoms with Gasteiger partial charge in [-0.2, -0.15) is 0 Å². The molecule has 0 aromatic heterocycles. The maximum absolute atomic E-state index is 5.89. The highest BCUT2D eigenvalue weighted by Crippen LogP contribution is 2.26. The van der Waals surface area contributed by atoms with E-state index in [1.165, 1.54) is 11.1 Å². The van der Waals surface area contributed by atoms with E-state index in [0.717, 1.165) is 24.0 Å². The van der Waals surface area contributed by atoms with E-state index in [1.54, 1.807) is 0 Å². The van der Waals surface area contributed by atoms with Gasteiger partial charge in [0, 0.05) is 16.9 Å². The zero-order valence-corrected chi connectivity index (χ0v) is 11.2. The van der Waals surface area contributed by atoms with Gasteiger partial charge >= 0.3 is 0 Å². The van der Waals surface area contributed by atoms with Crippen molar-refractivity contribution in [2.45, 2.75) is 25.9 Å². The molecule has 0 spiro atoms. The first kappa shape index (κ1) is 11.7. The van der Waals surface area contributed by atoms with Gasteiger partial charge in [-0.3, -0.25) is 0 Å². The minimum absolute atomic E-state index is 0.0591. The molecule has 1 N–H and O–H groups in total. The van der Waals surface area contributed by atoms with E-state index < -0.39 is 0 Å². The molecule has 0 saturated carbocycles. The number of hydrogen-bond acceptors (Lipinski definition) is 3. The van der Waals surface area contributed by atoms with Crippen LogP contribution in [0.2, 0.25) is 0 Å². The van der Waals surface area contributed by atoms with Gasteiger partial charge in [0.2, 0.25) is 0 Å². The van der Waals surface area contributed by atoms with Crippen LogP contribution in [0, 0.1) is 5.92 Å². The van der Waals surface area contributed by atoms with E-state index in [1.807, 2.05) is 0 Å². The first-order chi connectivity index (χ1) is 8.33. The third kappa shape index (κ3) is 2.55. The molecule has 0 bridgehead atoms. The van der Waals surface area contributed by atoms with Crippen molar-refractivity contribution in [1.29, 1.82) is 0 Å². The van der Waals surface area contributed by atoms with Gasteiger partial charge in [0.05, 0.1) is 13.2 Å². The van der Waals surface area contributed by atoms with Crippen LogP contribution >= 0.6 is 15.9 Å². The van der Waals surface area contributed by atoms with Gasteiger partial charge in [0.15, 0.2) is 6.29 Å². The molecule has 1 fully saturated rings. The minimum Gasteiger partial charge on any atom is -0.348 e. The number of hydrogen-bond donors (Lipinski definition) is 1. The second-order valence-electron chi connectivity index (χ2n) is 4.66. The van der Waals surface area contributed by atoms with Crippen molar-refractivity contribution in [2.75, 3.05) is 13.1 Å². The average Bonchev–Trinajstić information content (AvgIpc) is 2.77. The van der Waals surface area contributed by atoms with Crippen LogP contribution in [0.25, 0.3) is 0 Å². The second-order valence-corrected chi connectivity index (χ2v) is 5.57. The van der Waals surface area contributed by atoms with Crippen LogP contribution in [-0.4, -0.2) is 19.4 Å². The highest BCUT2D eigenvalue weighted by atomic mass is 79.9. The van der Waals surface area contributed by atoms with Crippen LogP contribution in [-0.2, 0) is 22.7 Å². The quantitative estimate of drug-likeness (QED) is 0.864. The predicted octanol–water partition coefficient (Wildman–Crippen LogP) is 2.43. The lowest BCUT2D eigenvalue weighted by atomic mass is 10.1. The van der Waals surface area contributed by atoms with Crippen molar-refractivity contribution in [3.8, 4) is 0 Å². The topological polar surface area (TPSA) is 30.5 Å². The van der Waals surface area contributed by atoms with E-state index in [2.05, 4.69) is 39.4 Å². The van der Waals surface area contributed by atoms with Gasteiger partial charge < -0.3 is 14.8 Å². The van der Waals surface area contributed by atoms with E-state index in [9.17, 15) is 0 Å². The van der Waals surface area contributed by atoms with Gasteiger partial charge in [-0.15, -0.1) is 0 Å². The number of fused-ring (bicyclic) bond motifs is 1. The third-order valence-corrected chi connectivity index (χ3v) is 3.95. The summed E-state index contributed by atoms with van der Waals surface area (Å²) in [5, 5.41) is 3.35. The molecule has 2 aliphatic rings. The van der Waals surface area contributed by atoms with Crippen molar-refractivity contribution in [3.05, 3.63) is 33.8 Å². The fraction of sp³-hybridized carbons (Fsp3) is 0.538. The summed E-state index contributed by atoms with van der Waals surface area (Å²) in [6.07, 6.45) is 1.08. The van der Waals surface area contributed by atoms with E-state index in [0.29, 0.717) is 19.1 Å². The molecule has 1 aromatic rings. The molecule has 2 unspecified atom stereocenters. The number of rotatable bonds is 1. The fourth-order valence-electron chi connectivity index (χ4n) is 2.44. The monoisotopic (exact) mass is 297 g/mol. The van der Waals surface area contributed by atoms with Crippen molar-refractivity contribution < 1.29 is 9.47 Å². The van der Waals surface area contributed by atoms with E-state index >= 15 is 0 Å². The van der Waals surface area contributed by atoms with Crippen LogP contribution in [0.1, 0.15) is 17.5 Å². The third-order valence-electron chi connectivity index (χ3n) is 3.46. The lowest BCUT2D eigenvalue weighted by Gasteiger charge is -2.20. The van der Waals surface area contributed by atoms with Crippen LogP contribution in [0.4, 0.5) is 0 Å². The molecule has 4 heteroatoms. The Morgan fingerprint density at radius 1 is 1.18 bits per heavy atom. The fourth-order valence-corrected chi connectivity index (χ4v) is 2.85. The Hall–Kier alpha value is -0.420. The average molecular weight is 298 g/mol. The number of ether oxygens (including phenoxy) is 2. The molecular weight excluding hydrogens is 282 g/mol. The Balaban J connectivity index is 1.74. The molecule has 2 atom stereocenters. The largest absolute Gasteiger partial charge is 0.348 e. The Bertz CT molecular complexity index is 404. The summed E-state index contributed by atoms with van der Waals surface area (Å²) in [7, 11) is 0. The summed E-state index contributed by atoms with van der Waals surface area (Å²) in [5.74, 6) is 0.493. The summed E-state index contributed by atoms with van der Waals surface area (Å²) in [5.41, 5.74) is 2.47. The van der Waals surface area contributed by atoms with Gasteiger partial charge in [-0.1, -0.05) is 22.0 Å². The van der Waals surface area contributed by atoms with Gasteiger partial charge in [0.1, 0.15) is 0 Å². The highest BCUT2D eigenvalue weighted by molar-refractivity contribution is 9.10. The van der Waals surface area contributed by atoms with Crippen LogP contribution in [0.15, 0.2) is 22.7 Å². The number of benzene rings is 1. The molecule has 17 heavy (non-hydrogen) atoms. The van der Waals surface area contributed by atoms with E-state index in [-0.39, 0.29) is 6.29 Å². The molecule has 2 heterocycles. The van der Waals surface area contributed by atoms with Crippen molar-refractivity contribution in [2.24, 2.45) is 5.92 Å². The summed E-state index contributed by atoms with van der Waals surface area (Å²) >= 11 is 3.49. The van der Waals surface area contributed by atoms with Gasteiger partial charge in [-0.05, 0) is 36.2 Å². The zero-order valence-electron chi connectivity index (χ0n) is 9.62. The van der Waals surface area contributed by atoms with Gasteiger partial charge in [-0.25, -0.2) is 0 Å². The van der Waals surface area contributed by atoms with Crippen LogP contribution in [0.3, 0.4) is 0 Å². The van der Waals surface area contributed by atoms with Crippen molar-refractivity contribution in [1.82, 2.24) is 5.32 Å². The first-order valence-electron chi connectivity index (χ1n) is 6.04. The highest BCUT2D eigenvalue weighted by Gasteiger charge is 2.28. The number of nitrogens with one attached hydrogen (secondary N) is 1. The van der Waals surface area contributed by atoms with Crippen LogP contribution in [0.5, 0.6) is 0 Å². The zero-order chi connectivity index (χ0) is 11.7. The van der Waals surface area contributed by atoms with Crippen molar-refractivity contribution in [3.63, 3.8) is 0 Å². The standard InChI is InChI=1S/C13H16BrNO2/c14-12-2-1-10-7-16-13(9-3-4-15-6-9)17-8-11(10)5-12/h1-2,5,9,13,15H,3-4,6-8H2. The van der Waals surface area contributed by atoms with E-state index in [4.69, 9.17) is 9.47 Å². The molecule has 0 amide bonds.